The predicted octanol–water partition coefficient (Wildman–Crippen LogP) is 2.72. The Morgan fingerprint density at radius 1 is 1.18 bits per heavy atom. The standard InChI is InChI=1S/C19H21N5O4/c1-11-7-16(28-24-11)8-14-9-26-10-17(14)21-19(25)20-15-5-3-13(4-6-15)18-23-22-12(2)27-18/h3-7,14,17H,8-10H2,1-2H3,(H2,20,21,25)/t14-,17+/m1/s1. The van der Waals surface area contributed by atoms with Gasteiger partial charge in [-0.3, -0.25) is 0 Å². The molecule has 28 heavy (non-hydrogen) atoms. The number of aryl methyl sites for hydroxylation is 2. The van der Waals surface area contributed by atoms with Crippen LogP contribution in [0.1, 0.15) is 17.3 Å². The number of carbonyl (C=O) groups excluding carboxylic acids is 1. The van der Waals surface area contributed by atoms with E-state index in [1.807, 2.05) is 25.1 Å². The van der Waals surface area contributed by atoms with Crippen molar-refractivity contribution in [2.24, 2.45) is 5.92 Å². The molecule has 2 N–H and O–H groups in total. The Morgan fingerprint density at radius 2 is 2.00 bits per heavy atom. The second kappa shape index (κ2) is 7.81. The van der Waals surface area contributed by atoms with E-state index in [4.69, 9.17) is 13.7 Å². The van der Waals surface area contributed by atoms with Crippen molar-refractivity contribution in [3.8, 4) is 11.5 Å². The molecule has 0 aliphatic carbocycles. The Balaban J connectivity index is 1.33. The molecule has 146 valence electrons. The van der Waals surface area contributed by atoms with Gasteiger partial charge in [-0.1, -0.05) is 5.16 Å². The van der Waals surface area contributed by atoms with Gasteiger partial charge in [0.15, 0.2) is 0 Å². The van der Waals surface area contributed by atoms with Gasteiger partial charge in [0.2, 0.25) is 11.8 Å². The van der Waals surface area contributed by atoms with Gasteiger partial charge >= 0.3 is 6.03 Å². The van der Waals surface area contributed by atoms with Crippen LogP contribution < -0.4 is 10.6 Å². The minimum Gasteiger partial charge on any atom is -0.421 e. The van der Waals surface area contributed by atoms with Crippen LogP contribution in [0.15, 0.2) is 39.3 Å². The Bertz CT molecular complexity index is 949. The number of nitrogens with zero attached hydrogens (tertiary/aromatic N) is 3. The molecule has 0 radical (unpaired) electrons. The zero-order valence-electron chi connectivity index (χ0n) is 15.6. The maximum atomic E-state index is 12.4. The zero-order chi connectivity index (χ0) is 19.5. The number of benzene rings is 1. The highest BCUT2D eigenvalue weighted by Gasteiger charge is 2.30. The first-order valence-electron chi connectivity index (χ1n) is 9.05. The topological polar surface area (TPSA) is 115 Å². The molecule has 3 aromatic rings. The maximum absolute atomic E-state index is 12.4. The average molecular weight is 383 g/mol. The van der Waals surface area contributed by atoms with E-state index in [-0.39, 0.29) is 18.0 Å². The number of aromatic nitrogens is 3. The molecule has 0 saturated carbocycles. The van der Waals surface area contributed by atoms with Crippen LogP contribution in [0.4, 0.5) is 10.5 Å². The number of hydrogen-bond acceptors (Lipinski definition) is 7. The smallest absolute Gasteiger partial charge is 0.319 e. The SMILES string of the molecule is Cc1cc(C[C@@H]2COC[C@@H]2NC(=O)Nc2ccc(-c3nnc(C)o3)cc2)on1. The second-order valence-corrected chi connectivity index (χ2v) is 6.84. The van der Waals surface area contributed by atoms with Crippen LogP contribution in [0.3, 0.4) is 0 Å². The molecule has 4 rings (SSSR count). The first kappa shape index (κ1) is 18.2. The molecular weight excluding hydrogens is 362 g/mol. The third-order valence-corrected chi connectivity index (χ3v) is 4.57. The van der Waals surface area contributed by atoms with Crippen molar-refractivity contribution in [3.05, 3.63) is 47.7 Å². The van der Waals surface area contributed by atoms with E-state index in [1.165, 1.54) is 0 Å². The third kappa shape index (κ3) is 4.20. The first-order chi connectivity index (χ1) is 13.6. The number of rotatable bonds is 5. The number of amides is 2. The summed E-state index contributed by atoms with van der Waals surface area (Å²) in [6, 6.07) is 8.73. The third-order valence-electron chi connectivity index (χ3n) is 4.57. The molecule has 1 fully saturated rings. The summed E-state index contributed by atoms with van der Waals surface area (Å²) in [5.41, 5.74) is 2.30. The molecule has 2 aromatic heterocycles. The fraction of sp³-hybridized carbons (Fsp3) is 0.368. The van der Waals surface area contributed by atoms with Crippen molar-refractivity contribution < 1.29 is 18.5 Å². The van der Waals surface area contributed by atoms with Gasteiger partial charge in [-0.05, 0) is 31.2 Å². The van der Waals surface area contributed by atoms with Crippen molar-refractivity contribution in [1.82, 2.24) is 20.7 Å². The zero-order valence-corrected chi connectivity index (χ0v) is 15.6. The summed E-state index contributed by atoms with van der Waals surface area (Å²) in [5, 5.41) is 17.5. The molecule has 9 nitrogen and oxygen atoms in total. The monoisotopic (exact) mass is 383 g/mol. The molecule has 1 saturated heterocycles. The Morgan fingerprint density at radius 3 is 2.68 bits per heavy atom. The highest BCUT2D eigenvalue weighted by atomic mass is 16.5. The molecule has 2 atom stereocenters. The molecule has 0 bridgehead atoms. The van der Waals surface area contributed by atoms with Crippen LogP contribution in [0.25, 0.3) is 11.5 Å². The van der Waals surface area contributed by atoms with Crippen LogP contribution in [-0.4, -0.2) is 40.6 Å². The Labute approximate surface area is 161 Å². The molecule has 1 aliphatic heterocycles. The molecule has 0 spiro atoms. The lowest BCUT2D eigenvalue weighted by Crippen LogP contribution is -2.42. The van der Waals surface area contributed by atoms with Crippen LogP contribution in [0, 0.1) is 19.8 Å². The van der Waals surface area contributed by atoms with Crippen LogP contribution in [0.2, 0.25) is 0 Å². The quantitative estimate of drug-likeness (QED) is 0.696. The normalized spacial score (nSPS) is 18.9. The van der Waals surface area contributed by atoms with Crippen LogP contribution in [0.5, 0.6) is 0 Å². The van der Waals surface area contributed by atoms with Gasteiger partial charge in [0.05, 0.1) is 24.9 Å². The van der Waals surface area contributed by atoms with Crippen molar-refractivity contribution in [2.45, 2.75) is 26.3 Å². The number of urea groups is 1. The van der Waals surface area contributed by atoms with E-state index >= 15 is 0 Å². The van der Waals surface area contributed by atoms with Crippen molar-refractivity contribution in [1.29, 1.82) is 0 Å². The highest BCUT2D eigenvalue weighted by Crippen LogP contribution is 2.21. The molecule has 0 unspecified atom stereocenters. The van der Waals surface area contributed by atoms with E-state index in [0.717, 1.165) is 17.0 Å². The van der Waals surface area contributed by atoms with Crippen molar-refractivity contribution in [3.63, 3.8) is 0 Å². The van der Waals surface area contributed by atoms with Crippen molar-refractivity contribution >= 4 is 11.7 Å². The molecule has 9 heteroatoms. The lowest BCUT2D eigenvalue weighted by atomic mass is 9.98. The van der Waals surface area contributed by atoms with Gasteiger partial charge < -0.3 is 24.3 Å². The number of ether oxygens (including phenoxy) is 1. The van der Waals surface area contributed by atoms with E-state index in [2.05, 4.69) is 26.0 Å². The Hall–Kier alpha value is -3.20. The van der Waals surface area contributed by atoms with Crippen molar-refractivity contribution in [2.75, 3.05) is 18.5 Å². The lowest BCUT2D eigenvalue weighted by Gasteiger charge is -2.18. The average Bonchev–Trinajstić information content (AvgIpc) is 3.39. The van der Waals surface area contributed by atoms with Gasteiger partial charge in [0.25, 0.3) is 0 Å². The van der Waals surface area contributed by atoms with E-state index in [1.54, 1.807) is 19.1 Å². The summed E-state index contributed by atoms with van der Waals surface area (Å²) in [5.74, 6) is 1.89. The molecular formula is C19H21N5O4. The minimum absolute atomic E-state index is 0.0916. The van der Waals surface area contributed by atoms with Gasteiger partial charge in [-0.25, -0.2) is 4.79 Å². The predicted molar refractivity (Wildman–Crippen MR) is 99.7 cm³/mol. The minimum atomic E-state index is -0.282. The fourth-order valence-electron chi connectivity index (χ4n) is 3.18. The summed E-state index contributed by atoms with van der Waals surface area (Å²) in [4.78, 5) is 12.4. The maximum Gasteiger partial charge on any atom is 0.319 e. The summed E-state index contributed by atoms with van der Waals surface area (Å²) in [6.45, 7) is 4.66. The van der Waals surface area contributed by atoms with Gasteiger partial charge in [0.1, 0.15) is 5.76 Å². The summed E-state index contributed by atoms with van der Waals surface area (Å²) < 4.78 is 16.2. The highest BCUT2D eigenvalue weighted by molar-refractivity contribution is 5.89. The summed E-state index contributed by atoms with van der Waals surface area (Å²) in [6.07, 6.45) is 0.671. The van der Waals surface area contributed by atoms with Crippen LogP contribution in [-0.2, 0) is 11.2 Å². The molecule has 1 aromatic carbocycles. The molecule has 3 heterocycles. The number of hydrogen-bond donors (Lipinski definition) is 2. The van der Waals surface area contributed by atoms with Gasteiger partial charge in [-0.2, -0.15) is 0 Å². The Kier molecular flexibility index (Phi) is 5.07. The summed E-state index contributed by atoms with van der Waals surface area (Å²) >= 11 is 0. The number of carbonyl (C=O) groups is 1. The first-order valence-corrected chi connectivity index (χ1v) is 9.05. The largest absolute Gasteiger partial charge is 0.421 e. The van der Waals surface area contributed by atoms with E-state index < -0.39 is 0 Å². The van der Waals surface area contributed by atoms with Gasteiger partial charge in [-0.15, -0.1) is 10.2 Å². The van der Waals surface area contributed by atoms with E-state index in [9.17, 15) is 4.79 Å². The molecule has 1 aliphatic rings. The number of anilines is 1. The van der Waals surface area contributed by atoms with Crippen LogP contribution >= 0.6 is 0 Å². The summed E-state index contributed by atoms with van der Waals surface area (Å²) in [7, 11) is 0. The lowest BCUT2D eigenvalue weighted by molar-refractivity contribution is 0.181. The molecule has 2 amide bonds. The van der Waals surface area contributed by atoms with E-state index in [0.29, 0.717) is 37.1 Å². The second-order valence-electron chi connectivity index (χ2n) is 6.84. The fourth-order valence-corrected chi connectivity index (χ4v) is 3.18. The van der Waals surface area contributed by atoms with Gasteiger partial charge in [0, 0.05) is 36.6 Å². The number of nitrogens with one attached hydrogen (secondary N) is 2.